The van der Waals surface area contributed by atoms with E-state index in [9.17, 15) is 0 Å². The molecule has 18 heavy (non-hydrogen) atoms. The molecule has 0 aliphatic carbocycles. The van der Waals surface area contributed by atoms with E-state index in [0.29, 0.717) is 12.6 Å². The van der Waals surface area contributed by atoms with Crippen molar-refractivity contribution in [2.24, 2.45) is 0 Å². The van der Waals surface area contributed by atoms with E-state index in [1.807, 2.05) is 24.3 Å². The van der Waals surface area contributed by atoms with Crippen molar-refractivity contribution < 1.29 is 9.15 Å². The minimum absolute atomic E-state index is 0.295. The van der Waals surface area contributed by atoms with Crippen molar-refractivity contribution in [3.05, 3.63) is 41.8 Å². The van der Waals surface area contributed by atoms with Crippen LogP contribution in [-0.4, -0.2) is 11.5 Å². The predicted molar refractivity (Wildman–Crippen MR) is 69.8 cm³/mol. The first-order chi connectivity index (χ1) is 8.83. The van der Waals surface area contributed by atoms with Gasteiger partial charge in [0, 0.05) is 6.54 Å². The summed E-state index contributed by atoms with van der Waals surface area (Å²) in [6.07, 6.45) is 2.83. The number of aryl methyl sites for hydroxylation is 1. The van der Waals surface area contributed by atoms with Gasteiger partial charge in [-0.05, 0) is 24.6 Å². The van der Waals surface area contributed by atoms with Crippen LogP contribution in [0.4, 0.5) is 0 Å². The number of rotatable bonds is 6. The van der Waals surface area contributed by atoms with Crippen molar-refractivity contribution in [3.63, 3.8) is 0 Å². The number of para-hydroxylation sites is 1. The van der Waals surface area contributed by atoms with Crippen LogP contribution in [-0.2, 0) is 13.0 Å². The van der Waals surface area contributed by atoms with Crippen LogP contribution in [0.25, 0.3) is 0 Å². The maximum Gasteiger partial charge on any atom is 0.399 e. The number of nitrogens with one attached hydrogen (secondary N) is 1. The molecule has 2 aromatic rings. The minimum Gasteiger partial charge on any atom is -0.417 e. The Kier molecular flexibility index (Phi) is 4.36. The summed E-state index contributed by atoms with van der Waals surface area (Å²) in [4.78, 5) is 4.27. The van der Waals surface area contributed by atoms with Gasteiger partial charge in [-0.2, -0.15) is 4.98 Å². The second-order valence-electron chi connectivity index (χ2n) is 3.95. The number of nitrogens with zero attached hydrogens (tertiary/aromatic N) is 1. The standard InChI is InChI=1S/C14H18N2O2/c1-3-11-7-5-6-8-13(11)18-14-16-12(10-17-14)9-15-4-2/h5-8,10,15H,3-4,9H2,1-2H3. The van der Waals surface area contributed by atoms with Crippen LogP contribution in [0.15, 0.2) is 34.9 Å². The summed E-state index contributed by atoms with van der Waals surface area (Å²) in [6.45, 7) is 5.74. The molecular weight excluding hydrogens is 228 g/mol. The average molecular weight is 246 g/mol. The van der Waals surface area contributed by atoms with E-state index < -0.39 is 0 Å². The summed E-state index contributed by atoms with van der Waals surface area (Å²) < 4.78 is 10.9. The molecule has 0 aliphatic rings. The molecule has 2 rings (SSSR count). The molecule has 1 aromatic carbocycles. The topological polar surface area (TPSA) is 47.3 Å². The largest absolute Gasteiger partial charge is 0.417 e. The highest BCUT2D eigenvalue weighted by atomic mass is 16.6. The smallest absolute Gasteiger partial charge is 0.399 e. The van der Waals surface area contributed by atoms with Crippen LogP contribution in [0, 0.1) is 0 Å². The summed E-state index contributed by atoms with van der Waals surface area (Å²) in [6, 6.07) is 7.90. The molecule has 0 unspecified atom stereocenters. The van der Waals surface area contributed by atoms with Gasteiger partial charge in [0.2, 0.25) is 0 Å². The zero-order valence-corrected chi connectivity index (χ0v) is 10.8. The molecule has 0 atom stereocenters. The molecule has 0 bridgehead atoms. The van der Waals surface area contributed by atoms with Crippen molar-refractivity contribution in [1.29, 1.82) is 0 Å². The van der Waals surface area contributed by atoms with Gasteiger partial charge in [0.25, 0.3) is 0 Å². The Labute approximate surface area is 107 Å². The summed E-state index contributed by atoms with van der Waals surface area (Å²) >= 11 is 0. The molecule has 4 heteroatoms. The van der Waals surface area contributed by atoms with Crippen LogP contribution in [0.3, 0.4) is 0 Å². The molecule has 0 radical (unpaired) electrons. The molecule has 1 heterocycles. The van der Waals surface area contributed by atoms with Crippen LogP contribution in [0.2, 0.25) is 0 Å². The SMILES string of the molecule is CCNCc1coc(Oc2ccccc2CC)n1. The van der Waals surface area contributed by atoms with Gasteiger partial charge in [0.15, 0.2) is 0 Å². The van der Waals surface area contributed by atoms with Crippen molar-refractivity contribution >= 4 is 0 Å². The quantitative estimate of drug-likeness (QED) is 0.850. The first-order valence-electron chi connectivity index (χ1n) is 6.24. The maximum absolute atomic E-state index is 5.66. The normalized spacial score (nSPS) is 10.6. The van der Waals surface area contributed by atoms with E-state index in [-0.39, 0.29) is 0 Å². The lowest BCUT2D eigenvalue weighted by molar-refractivity contribution is 0.328. The lowest BCUT2D eigenvalue weighted by atomic mass is 10.1. The second kappa shape index (κ2) is 6.21. The molecule has 96 valence electrons. The van der Waals surface area contributed by atoms with Gasteiger partial charge >= 0.3 is 6.08 Å². The van der Waals surface area contributed by atoms with Crippen LogP contribution in [0.1, 0.15) is 25.1 Å². The molecule has 0 spiro atoms. The lowest BCUT2D eigenvalue weighted by Crippen LogP contribution is -2.11. The highest BCUT2D eigenvalue weighted by Crippen LogP contribution is 2.24. The molecule has 0 fully saturated rings. The fraction of sp³-hybridized carbons (Fsp3) is 0.357. The predicted octanol–water partition coefficient (Wildman–Crippen LogP) is 3.14. The molecule has 0 amide bonds. The molecule has 0 saturated heterocycles. The number of oxazole rings is 1. The number of aromatic nitrogens is 1. The molecular formula is C14H18N2O2. The second-order valence-corrected chi connectivity index (χ2v) is 3.95. The van der Waals surface area contributed by atoms with E-state index in [1.54, 1.807) is 6.26 Å². The molecule has 0 saturated carbocycles. The Bertz CT molecular complexity index is 494. The Hall–Kier alpha value is -1.81. The van der Waals surface area contributed by atoms with Gasteiger partial charge in [-0.1, -0.05) is 32.0 Å². The zero-order valence-electron chi connectivity index (χ0n) is 10.8. The van der Waals surface area contributed by atoms with Crippen LogP contribution in [0.5, 0.6) is 11.8 Å². The lowest BCUT2D eigenvalue weighted by Gasteiger charge is -2.05. The Balaban J connectivity index is 2.06. The van der Waals surface area contributed by atoms with E-state index in [1.165, 1.54) is 0 Å². The Morgan fingerprint density at radius 1 is 1.28 bits per heavy atom. The monoisotopic (exact) mass is 246 g/mol. The fourth-order valence-corrected chi connectivity index (χ4v) is 1.66. The summed E-state index contributed by atoms with van der Waals surface area (Å²) in [5.74, 6) is 0.803. The number of hydrogen-bond donors (Lipinski definition) is 1. The van der Waals surface area contributed by atoms with Gasteiger partial charge in [-0.25, -0.2) is 0 Å². The summed E-state index contributed by atoms with van der Waals surface area (Å²) in [5, 5.41) is 3.19. The first-order valence-corrected chi connectivity index (χ1v) is 6.24. The third-order valence-corrected chi connectivity index (χ3v) is 2.64. The minimum atomic E-state index is 0.295. The Morgan fingerprint density at radius 2 is 2.11 bits per heavy atom. The number of ether oxygens (including phenoxy) is 1. The van der Waals surface area contributed by atoms with Gasteiger partial charge in [0.1, 0.15) is 12.0 Å². The summed E-state index contributed by atoms with van der Waals surface area (Å²) in [5.41, 5.74) is 1.99. The molecule has 1 N–H and O–H groups in total. The van der Waals surface area contributed by atoms with Gasteiger partial charge in [-0.3, -0.25) is 0 Å². The van der Waals surface area contributed by atoms with Crippen molar-refractivity contribution in [1.82, 2.24) is 10.3 Å². The van der Waals surface area contributed by atoms with E-state index in [0.717, 1.165) is 30.0 Å². The Morgan fingerprint density at radius 3 is 2.89 bits per heavy atom. The average Bonchev–Trinajstić information content (AvgIpc) is 2.84. The zero-order chi connectivity index (χ0) is 12.8. The van der Waals surface area contributed by atoms with Crippen molar-refractivity contribution in [3.8, 4) is 11.8 Å². The van der Waals surface area contributed by atoms with Gasteiger partial charge in [-0.15, -0.1) is 0 Å². The van der Waals surface area contributed by atoms with Crippen LogP contribution >= 0.6 is 0 Å². The fourth-order valence-electron chi connectivity index (χ4n) is 1.66. The molecule has 4 nitrogen and oxygen atoms in total. The van der Waals surface area contributed by atoms with Gasteiger partial charge in [0.05, 0.1) is 5.69 Å². The van der Waals surface area contributed by atoms with Gasteiger partial charge < -0.3 is 14.5 Å². The van der Waals surface area contributed by atoms with Crippen molar-refractivity contribution in [2.45, 2.75) is 26.8 Å². The first kappa shape index (κ1) is 12.6. The highest BCUT2D eigenvalue weighted by Gasteiger charge is 2.08. The molecule has 0 aliphatic heterocycles. The van der Waals surface area contributed by atoms with Crippen LogP contribution < -0.4 is 10.1 Å². The number of hydrogen-bond acceptors (Lipinski definition) is 4. The number of benzene rings is 1. The van der Waals surface area contributed by atoms with E-state index in [2.05, 4.69) is 24.1 Å². The summed E-state index contributed by atoms with van der Waals surface area (Å²) in [7, 11) is 0. The van der Waals surface area contributed by atoms with Crippen molar-refractivity contribution in [2.75, 3.05) is 6.54 Å². The van der Waals surface area contributed by atoms with E-state index in [4.69, 9.17) is 9.15 Å². The molecule has 1 aromatic heterocycles. The maximum atomic E-state index is 5.66. The third-order valence-electron chi connectivity index (χ3n) is 2.64. The van der Waals surface area contributed by atoms with E-state index >= 15 is 0 Å². The third kappa shape index (κ3) is 3.11. The highest BCUT2D eigenvalue weighted by molar-refractivity contribution is 5.34.